The molecule has 2 aliphatic heterocycles. The average Bonchev–Trinajstić information content (AvgIpc) is 1.02. The largest absolute Gasteiger partial charge is 0.311 e. The summed E-state index contributed by atoms with van der Waals surface area (Å²) in [4.78, 5) is 3.31. The zero-order valence-electron chi connectivity index (χ0n) is 83.6. The van der Waals surface area contributed by atoms with Crippen molar-refractivity contribution < 1.29 is 43.9 Å². The molecule has 0 bridgehead atoms. The van der Waals surface area contributed by atoms with Crippen molar-refractivity contribution in [1.82, 2.24) is 13.7 Å². The summed E-state index contributed by atoms with van der Waals surface area (Å²) in [6, 6.07) is 19.8. The first-order chi connectivity index (χ1) is 62.8. The molecule has 15 aromatic carbocycles. The predicted octanol–water partition coefficient (Wildman–Crippen LogP) is 21.5. The van der Waals surface area contributed by atoms with Crippen LogP contribution in [0.3, 0.4) is 0 Å². The van der Waals surface area contributed by atoms with E-state index in [0.29, 0.717) is 33.4 Å². The highest BCUT2D eigenvalue weighted by Crippen LogP contribution is 2.51. The Morgan fingerprint density at radius 2 is 0.780 bits per heavy atom. The number of anilines is 6. The standard InChI is InChI=1S/C92H56BN7/c94-57-59-40-47-86-76(48-59)75-44-41-64(60-22-5-1-6-23-60)52-87(75)99(86)84-38-21-39-85(77(84)58-95)100-89-54-68(96-80-34-17-13-30-71(80)72-31-14-18-35-81(72)96)43-46-79(89)93-78-45-42-65(61-24-7-2-8-25-61)53-88(78)98(69-50-66(62-26-9-3-10-27-62)49-67(51-69)63-28-11-4-12-29-63)90-55-70(56-91(100)92(90)93)97-82-36-19-15-32-73(82)74-33-16-20-37-83(74)97/h1-56H/i1D,2D,5D,6D,7D,8D,13D,14D,15D,16D,17D,18D,19D,20D,22D,23D,24D,25D,30D,31D,32D,33D,34D,35D,36D,37D,40D,41D,44D,47D,48D,52D. The van der Waals surface area contributed by atoms with Crippen molar-refractivity contribution in [3.05, 3.63) is 350 Å². The molecule has 0 saturated carbocycles. The van der Waals surface area contributed by atoms with Crippen LogP contribution in [-0.4, -0.2) is 20.4 Å². The highest BCUT2D eigenvalue weighted by atomic mass is 15.2. The fourth-order valence-corrected chi connectivity index (χ4v) is 14.4. The summed E-state index contributed by atoms with van der Waals surface area (Å²) in [6.45, 7) is -1.27. The summed E-state index contributed by atoms with van der Waals surface area (Å²) < 4.78 is 306. The van der Waals surface area contributed by atoms with E-state index < -0.39 is 261 Å². The number of benzene rings is 15. The van der Waals surface area contributed by atoms with Gasteiger partial charge < -0.3 is 23.5 Å². The Labute approximate surface area is 622 Å². The van der Waals surface area contributed by atoms with Crippen molar-refractivity contribution in [2.45, 2.75) is 0 Å². The van der Waals surface area contributed by atoms with Crippen LogP contribution >= 0.6 is 0 Å². The van der Waals surface area contributed by atoms with Crippen molar-refractivity contribution in [2.75, 3.05) is 9.80 Å². The third-order valence-electron chi connectivity index (χ3n) is 18.6. The highest BCUT2D eigenvalue weighted by Gasteiger charge is 2.45. The van der Waals surface area contributed by atoms with Crippen LogP contribution in [0.2, 0.25) is 0 Å². The van der Waals surface area contributed by atoms with Crippen LogP contribution in [0.25, 0.3) is 127 Å². The summed E-state index contributed by atoms with van der Waals surface area (Å²) in [6.07, 6.45) is 0. The summed E-state index contributed by atoms with van der Waals surface area (Å²) in [7, 11) is 0. The Hall–Kier alpha value is -13.7. The average molecular weight is 1300 g/mol. The Bertz CT molecular complexity index is 8280. The molecule has 18 aromatic rings. The first-order valence-corrected chi connectivity index (χ1v) is 31.3. The molecule has 462 valence electrons. The van der Waals surface area contributed by atoms with Gasteiger partial charge in [-0.2, -0.15) is 10.5 Å². The molecule has 0 spiro atoms. The van der Waals surface area contributed by atoms with Gasteiger partial charge in [0, 0.05) is 66.4 Å². The number of hydrogen-bond acceptors (Lipinski definition) is 4. The number of nitriles is 2. The molecule has 0 atom stereocenters. The molecule has 0 unspecified atom stereocenters. The second-order valence-electron chi connectivity index (χ2n) is 23.8. The van der Waals surface area contributed by atoms with Gasteiger partial charge in [-0.3, -0.25) is 0 Å². The number of fused-ring (bicyclic) bond motifs is 13. The minimum atomic E-state index is -1.27. The molecule has 0 amide bonds. The van der Waals surface area contributed by atoms with Crippen molar-refractivity contribution in [1.29, 1.82) is 10.5 Å². The van der Waals surface area contributed by atoms with E-state index in [9.17, 15) is 43.4 Å². The number of hydrogen-bond donors (Lipinski definition) is 0. The maximum Gasteiger partial charge on any atom is 0.252 e. The van der Waals surface area contributed by atoms with E-state index in [1.165, 1.54) is 50.4 Å². The van der Waals surface area contributed by atoms with Crippen molar-refractivity contribution in [3.8, 4) is 73.7 Å². The van der Waals surface area contributed by atoms with Gasteiger partial charge >= 0.3 is 0 Å². The summed E-state index contributed by atoms with van der Waals surface area (Å²) >= 11 is 0. The molecule has 0 N–H and O–H groups in total. The van der Waals surface area contributed by atoms with Gasteiger partial charge in [-0.1, -0.05) is 230 Å². The molecule has 100 heavy (non-hydrogen) atoms. The highest BCUT2D eigenvalue weighted by molar-refractivity contribution is 7.00. The first kappa shape index (κ1) is 33.3. The molecule has 0 radical (unpaired) electrons. The smallest absolute Gasteiger partial charge is 0.252 e. The van der Waals surface area contributed by atoms with Gasteiger partial charge in [0.2, 0.25) is 0 Å². The molecule has 8 heteroatoms. The van der Waals surface area contributed by atoms with Crippen LogP contribution in [0.1, 0.15) is 55.0 Å². The van der Waals surface area contributed by atoms with Gasteiger partial charge in [-0.25, -0.2) is 0 Å². The van der Waals surface area contributed by atoms with Crippen LogP contribution in [0.4, 0.5) is 34.1 Å². The van der Waals surface area contributed by atoms with Gasteiger partial charge in [-0.05, 0) is 170 Å². The second kappa shape index (κ2) is 22.5. The minimum Gasteiger partial charge on any atom is -0.311 e. The zero-order valence-corrected chi connectivity index (χ0v) is 51.6. The van der Waals surface area contributed by atoms with E-state index in [0.717, 1.165) is 4.57 Å². The molecular weight excluding hydrogens is 1210 g/mol. The zero-order chi connectivity index (χ0) is 94.0. The van der Waals surface area contributed by atoms with Crippen LogP contribution in [0, 0.1) is 22.7 Å². The van der Waals surface area contributed by atoms with Gasteiger partial charge in [-0.15, -0.1) is 0 Å². The van der Waals surface area contributed by atoms with Crippen molar-refractivity contribution >= 4 is 123 Å². The minimum absolute atomic E-state index is 0.0584. The molecule has 0 fully saturated rings. The quantitative estimate of drug-likeness (QED) is 0.135. The first-order valence-electron chi connectivity index (χ1n) is 47.3. The van der Waals surface area contributed by atoms with E-state index >= 15 is 0 Å². The predicted molar refractivity (Wildman–Crippen MR) is 415 cm³/mol. The number of rotatable bonds is 9. The van der Waals surface area contributed by atoms with E-state index in [1.807, 2.05) is 78.9 Å². The number of aromatic nitrogens is 3. The number of para-hydroxylation sites is 4. The lowest BCUT2D eigenvalue weighted by Gasteiger charge is -2.45. The molecule has 20 rings (SSSR count). The van der Waals surface area contributed by atoms with Crippen LogP contribution in [-0.2, 0) is 0 Å². The Kier molecular flexibility index (Phi) is 7.49. The van der Waals surface area contributed by atoms with Crippen molar-refractivity contribution in [3.63, 3.8) is 0 Å². The van der Waals surface area contributed by atoms with E-state index in [-0.39, 0.29) is 94.4 Å². The molecular formula is C92H56BN7. The lowest BCUT2D eigenvalue weighted by Crippen LogP contribution is -2.61. The van der Waals surface area contributed by atoms with Gasteiger partial charge in [0.25, 0.3) is 6.71 Å². The molecule has 0 saturated heterocycles. The summed E-state index contributed by atoms with van der Waals surface area (Å²) in [5.41, 5.74) is -2.63. The molecule has 7 nitrogen and oxygen atoms in total. The van der Waals surface area contributed by atoms with Crippen molar-refractivity contribution in [2.24, 2.45) is 0 Å². The van der Waals surface area contributed by atoms with E-state index in [1.54, 1.807) is 41.3 Å². The van der Waals surface area contributed by atoms with Gasteiger partial charge in [0.1, 0.15) is 11.6 Å². The van der Waals surface area contributed by atoms with E-state index in [2.05, 4.69) is 6.07 Å². The molecule has 3 aromatic heterocycles. The Morgan fingerprint density at radius 3 is 1.37 bits per heavy atom. The van der Waals surface area contributed by atoms with Crippen LogP contribution in [0.5, 0.6) is 0 Å². The monoisotopic (exact) mass is 1300 g/mol. The normalized spacial score (nSPS) is 16.8. The maximum atomic E-state index is 12.9. The SMILES string of the molecule is [2H]c1c([2H])c([2H])c(-c2ccc3c(c2)N(c2cc(-c4ccccc4)cc(-c4ccccc4)c2)c2cc(-n4c5c([2H])c([2H])c([2H])c([2H])c5c5c([2H])c([2H])c([2H])c([2H])c54)cc4c2B3c2ccc(-n3c5c([2H])c([2H])c([2H])c([2H])c5c5c([2H])c([2H])c([2H])c([2H])c53)cc2N4c2cccc(-n3c4c([2H])c([2H])c(C#N)c([2H])c4c4c([2H])c([2H])c(-c5c([2H])c([2H])c([2H])c([2H])c5[2H])c([2H])c43)c2C#N)c([2H])c1[2H]. The second-order valence-corrected chi connectivity index (χ2v) is 23.8. The molecule has 2 aliphatic rings. The molecule has 0 aliphatic carbocycles. The third kappa shape index (κ3) is 8.64. The van der Waals surface area contributed by atoms with Gasteiger partial charge in [0.15, 0.2) is 0 Å². The molecule has 5 heterocycles. The Balaban J connectivity index is 1.02. The van der Waals surface area contributed by atoms with Crippen LogP contribution in [0.15, 0.2) is 339 Å². The van der Waals surface area contributed by atoms with Crippen LogP contribution < -0.4 is 26.2 Å². The lowest BCUT2D eigenvalue weighted by molar-refractivity contribution is 1.14. The van der Waals surface area contributed by atoms with Gasteiger partial charge in [0.05, 0.1) is 106 Å². The van der Waals surface area contributed by atoms with E-state index in [4.69, 9.17) is 11.0 Å². The summed E-state index contributed by atoms with van der Waals surface area (Å²) in [5, 5.41) is 21.2. The fourth-order valence-electron chi connectivity index (χ4n) is 14.4. The maximum absolute atomic E-state index is 12.9. The fraction of sp³-hybridized carbons (Fsp3) is 0. The number of nitrogens with zero attached hydrogens (tertiary/aromatic N) is 7. The summed E-state index contributed by atoms with van der Waals surface area (Å²) in [5.74, 6) is 0. The third-order valence-corrected chi connectivity index (χ3v) is 18.6. The Morgan fingerprint density at radius 1 is 0.280 bits per heavy atom. The lowest BCUT2D eigenvalue weighted by atomic mass is 9.33. The topological polar surface area (TPSA) is 68.8 Å².